The van der Waals surface area contributed by atoms with Crippen LogP contribution in [0.15, 0.2) is 84.8 Å². The van der Waals surface area contributed by atoms with Crippen LogP contribution in [0.4, 0.5) is 0 Å². The molecule has 2 N–H and O–H groups in total. The first-order chi connectivity index (χ1) is 16.1. The van der Waals surface area contributed by atoms with Gasteiger partial charge in [0.1, 0.15) is 11.6 Å². The van der Waals surface area contributed by atoms with Gasteiger partial charge < -0.3 is 15.0 Å². The highest BCUT2D eigenvalue weighted by molar-refractivity contribution is 5.57. The van der Waals surface area contributed by atoms with Crippen molar-refractivity contribution in [3.63, 3.8) is 0 Å². The van der Waals surface area contributed by atoms with Crippen LogP contribution in [-0.2, 0) is 6.42 Å². The zero-order valence-corrected chi connectivity index (χ0v) is 18.5. The van der Waals surface area contributed by atoms with E-state index in [2.05, 4.69) is 37.0 Å². The van der Waals surface area contributed by atoms with Gasteiger partial charge in [0.15, 0.2) is 0 Å². The third-order valence-corrected chi connectivity index (χ3v) is 5.88. The van der Waals surface area contributed by atoms with Gasteiger partial charge in [-0.3, -0.25) is 0 Å². The summed E-state index contributed by atoms with van der Waals surface area (Å²) in [7, 11) is 0. The predicted octanol–water partition coefficient (Wildman–Crippen LogP) is 4.46. The summed E-state index contributed by atoms with van der Waals surface area (Å²) in [6.45, 7) is 4.11. The lowest BCUT2D eigenvalue weighted by molar-refractivity contribution is 0.334. The molecule has 164 valence electrons. The fourth-order valence-corrected chi connectivity index (χ4v) is 4.29. The number of allylic oxidation sites excluding steroid dienone is 1. The van der Waals surface area contributed by atoms with Crippen molar-refractivity contribution in [3.05, 3.63) is 107 Å². The Morgan fingerprint density at radius 1 is 1.12 bits per heavy atom. The second-order valence-corrected chi connectivity index (χ2v) is 8.35. The summed E-state index contributed by atoms with van der Waals surface area (Å²) in [5.74, 6) is 0.375. The monoisotopic (exact) mass is 436 g/mol. The molecule has 2 aromatic heterocycles. The topological polar surface area (TPSA) is 94.7 Å². The summed E-state index contributed by atoms with van der Waals surface area (Å²) < 4.78 is 9.80. The van der Waals surface area contributed by atoms with E-state index in [1.54, 1.807) is 12.5 Å². The first-order valence-corrected chi connectivity index (χ1v) is 10.9. The van der Waals surface area contributed by atoms with Gasteiger partial charge in [-0.05, 0) is 37.1 Å². The first-order valence-electron chi connectivity index (χ1n) is 10.9. The van der Waals surface area contributed by atoms with E-state index in [1.807, 2.05) is 57.9 Å². The average molecular weight is 437 g/mol. The van der Waals surface area contributed by atoms with E-state index in [0.29, 0.717) is 17.9 Å². The summed E-state index contributed by atoms with van der Waals surface area (Å²) >= 11 is 0. The Morgan fingerprint density at radius 3 is 2.52 bits per heavy atom. The number of aromatic nitrogens is 4. The fourth-order valence-electron chi connectivity index (χ4n) is 4.29. The van der Waals surface area contributed by atoms with Gasteiger partial charge in [-0.25, -0.2) is 9.67 Å². The number of nitriles is 1. The van der Waals surface area contributed by atoms with Gasteiger partial charge in [0.05, 0.1) is 29.5 Å². The molecule has 0 aliphatic carbocycles. The van der Waals surface area contributed by atoms with Gasteiger partial charge in [-0.2, -0.15) is 10.4 Å². The van der Waals surface area contributed by atoms with E-state index in [4.69, 9.17) is 15.6 Å². The molecule has 0 fully saturated rings. The molecule has 1 unspecified atom stereocenters. The third kappa shape index (κ3) is 3.66. The van der Waals surface area contributed by atoms with Crippen molar-refractivity contribution in [3.8, 4) is 17.6 Å². The minimum atomic E-state index is -0.359. The molecule has 0 radical (unpaired) electrons. The van der Waals surface area contributed by atoms with Crippen molar-refractivity contribution >= 4 is 0 Å². The normalized spacial score (nSPS) is 15.3. The lowest BCUT2D eigenvalue weighted by Gasteiger charge is -2.26. The molecule has 5 rings (SSSR count). The fraction of sp³-hybridized carbons (Fsp3) is 0.192. The molecule has 1 aliphatic rings. The van der Waals surface area contributed by atoms with Gasteiger partial charge in [0.25, 0.3) is 0 Å². The first kappa shape index (κ1) is 20.6. The van der Waals surface area contributed by atoms with Crippen molar-refractivity contribution in [1.82, 2.24) is 19.3 Å². The summed E-state index contributed by atoms with van der Waals surface area (Å²) in [5.41, 5.74) is 11.5. The number of benzene rings is 2. The maximum Gasteiger partial charge on any atom is 0.224 e. The minimum absolute atomic E-state index is 0.0731. The molecular weight excluding hydrogens is 412 g/mol. The number of ether oxygens (including phenoxy) is 1. The Hall–Kier alpha value is -4.31. The van der Waals surface area contributed by atoms with E-state index in [1.165, 1.54) is 0 Å². The highest BCUT2D eigenvalue weighted by atomic mass is 16.5. The van der Waals surface area contributed by atoms with Crippen molar-refractivity contribution < 1.29 is 4.74 Å². The molecule has 0 saturated heterocycles. The third-order valence-electron chi connectivity index (χ3n) is 5.88. The number of hydrogen-bond donors (Lipinski definition) is 1. The maximum absolute atomic E-state index is 10.0. The molecule has 0 spiro atoms. The Kier molecular flexibility index (Phi) is 5.19. The van der Waals surface area contributed by atoms with E-state index in [-0.39, 0.29) is 17.8 Å². The van der Waals surface area contributed by atoms with Gasteiger partial charge >= 0.3 is 0 Å². The Labute approximate surface area is 192 Å². The molecule has 2 aromatic carbocycles. The highest BCUT2D eigenvalue weighted by Crippen LogP contribution is 2.45. The average Bonchev–Trinajstić information content (AvgIpc) is 3.48. The van der Waals surface area contributed by atoms with Crippen LogP contribution in [0, 0.1) is 11.3 Å². The van der Waals surface area contributed by atoms with Crippen LogP contribution < -0.4 is 10.5 Å². The lowest BCUT2D eigenvalue weighted by atomic mass is 9.83. The standard InChI is InChI=1S/C26H24N6O/c1-17(2)32-26-24(22(30-32)14-18-6-4-3-5-7-18)23(21(15-27)25(28)33-26)19-8-10-20(11-9-19)31-13-12-29-16-31/h3-13,16-17,23H,14,28H2,1-2H3. The molecular formula is C26H24N6O. The lowest BCUT2D eigenvalue weighted by Crippen LogP contribution is -2.22. The predicted molar refractivity (Wildman–Crippen MR) is 125 cm³/mol. The van der Waals surface area contributed by atoms with Crippen LogP contribution in [0.25, 0.3) is 5.69 Å². The SMILES string of the molecule is CC(C)n1nc(Cc2ccccc2)c2c1OC(N)=C(C#N)C2c1ccc(-n2ccnc2)cc1. The van der Waals surface area contributed by atoms with Crippen LogP contribution >= 0.6 is 0 Å². The van der Waals surface area contributed by atoms with Gasteiger partial charge in [-0.15, -0.1) is 0 Å². The number of fused-ring (bicyclic) bond motifs is 1. The van der Waals surface area contributed by atoms with E-state index < -0.39 is 0 Å². The number of nitrogens with zero attached hydrogens (tertiary/aromatic N) is 5. The van der Waals surface area contributed by atoms with Gasteiger partial charge in [0, 0.05) is 24.5 Å². The van der Waals surface area contributed by atoms with Gasteiger partial charge in [0.2, 0.25) is 11.8 Å². The van der Waals surface area contributed by atoms with Crippen LogP contribution in [0.5, 0.6) is 5.88 Å². The second-order valence-electron chi connectivity index (χ2n) is 8.35. The second kappa shape index (κ2) is 8.32. The van der Waals surface area contributed by atoms with Crippen molar-refractivity contribution in [2.75, 3.05) is 0 Å². The molecule has 33 heavy (non-hydrogen) atoms. The number of hydrogen-bond acceptors (Lipinski definition) is 5. The Balaban J connectivity index is 1.66. The van der Waals surface area contributed by atoms with Crippen LogP contribution in [-0.4, -0.2) is 19.3 Å². The Bertz CT molecular complexity index is 1340. The van der Waals surface area contributed by atoms with E-state index in [9.17, 15) is 5.26 Å². The summed E-state index contributed by atoms with van der Waals surface area (Å²) in [4.78, 5) is 4.11. The largest absolute Gasteiger partial charge is 0.422 e. The molecule has 0 bridgehead atoms. The summed E-state index contributed by atoms with van der Waals surface area (Å²) in [6, 6.07) is 20.6. The molecule has 7 heteroatoms. The zero-order valence-electron chi connectivity index (χ0n) is 18.5. The van der Waals surface area contributed by atoms with Crippen molar-refractivity contribution in [2.45, 2.75) is 32.2 Å². The smallest absolute Gasteiger partial charge is 0.224 e. The Morgan fingerprint density at radius 2 is 1.88 bits per heavy atom. The van der Waals surface area contributed by atoms with E-state index in [0.717, 1.165) is 28.1 Å². The molecule has 3 heterocycles. The van der Waals surface area contributed by atoms with Crippen LogP contribution in [0.2, 0.25) is 0 Å². The number of imidazole rings is 1. The molecule has 1 atom stereocenters. The summed E-state index contributed by atoms with van der Waals surface area (Å²) in [5, 5.41) is 14.9. The maximum atomic E-state index is 10.0. The molecule has 4 aromatic rings. The highest BCUT2D eigenvalue weighted by Gasteiger charge is 2.37. The zero-order chi connectivity index (χ0) is 22.9. The number of nitrogens with two attached hydrogens (primary N) is 1. The van der Waals surface area contributed by atoms with Crippen molar-refractivity contribution in [2.24, 2.45) is 5.73 Å². The molecule has 0 amide bonds. The quantitative estimate of drug-likeness (QED) is 0.498. The van der Waals surface area contributed by atoms with Gasteiger partial charge in [-0.1, -0.05) is 42.5 Å². The van der Waals surface area contributed by atoms with E-state index >= 15 is 0 Å². The summed E-state index contributed by atoms with van der Waals surface area (Å²) in [6.07, 6.45) is 6.02. The van der Waals surface area contributed by atoms with Crippen molar-refractivity contribution in [1.29, 1.82) is 5.26 Å². The minimum Gasteiger partial charge on any atom is -0.422 e. The molecule has 0 saturated carbocycles. The molecule has 1 aliphatic heterocycles. The number of rotatable bonds is 5. The molecule has 7 nitrogen and oxygen atoms in total. The van der Waals surface area contributed by atoms with Crippen LogP contribution in [0.3, 0.4) is 0 Å². The van der Waals surface area contributed by atoms with Crippen LogP contribution in [0.1, 0.15) is 48.2 Å².